The number of aliphatic imine (C=N–C) groups is 1. The summed E-state index contributed by atoms with van der Waals surface area (Å²) in [6, 6.07) is 8.91. The molecule has 1 aromatic carbocycles. The highest BCUT2D eigenvalue weighted by molar-refractivity contribution is 14.0. The number of hydrogen-bond donors (Lipinski definition) is 2. The summed E-state index contributed by atoms with van der Waals surface area (Å²) in [4.78, 5) is 7.14. The van der Waals surface area contributed by atoms with Crippen LogP contribution in [0.1, 0.15) is 26.1 Å². The van der Waals surface area contributed by atoms with Crippen molar-refractivity contribution >= 4 is 51.6 Å². The maximum Gasteiger partial charge on any atom is 0.191 e. The maximum absolute atomic E-state index is 4.73. The van der Waals surface area contributed by atoms with Gasteiger partial charge in [-0.15, -0.1) is 34.2 Å². The van der Waals surface area contributed by atoms with Gasteiger partial charge in [0.2, 0.25) is 0 Å². The second-order valence-electron chi connectivity index (χ2n) is 6.61. The molecule has 1 saturated heterocycles. The van der Waals surface area contributed by atoms with Gasteiger partial charge in [-0.3, -0.25) is 4.99 Å². The molecule has 0 aliphatic carbocycles. The van der Waals surface area contributed by atoms with Crippen LogP contribution in [0.5, 0.6) is 0 Å². The molecule has 0 bridgehead atoms. The van der Waals surface area contributed by atoms with Crippen molar-refractivity contribution in [1.29, 1.82) is 0 Å². The maximum atomic E-state index is 4.73. The minimum absolute atomic E-state index is 0. The van der Waals surface area contributed by atoms with Crippen molar-refractivity contribution in [3.8, 4) is 0 Å². The molecule has 1 atom stereocenters. The predicted octanol–water partition coefficient (Wildman–Crippen LogP) is 3.06. The van der Waals surface area contributed by atoms with E-state index in [0.717, 1.165) is 55.3 Å². The van der Waals surface area contributed by atoms with Crippen molar-refractivity contribution in [2.45, 2.75) is 39.3 Å². The number of rotatable bonds is 7. The van der Waals surface area contributed by atoms with Crippen LogP contribution in [0.3, 0.4) is 0 Å². The van der Waals surface area contributed by atoms with Crippen molar-refractivity contribution in [2.75, 3.05) is 31.1 Å². The smallest absolute Gasteiger partial charge is 0.191 e. The summed E-state index contributed by atoms with van der Waals surface area (Å²) < 4.78 is 3.18. The van der Waals surface area contributed by atoms with Crippen molar-refractivity contribution in [1.82, 2.24) is 25.4 Å². The largest absolute Gasteiger partial charge is 0.369 e. The third kappa shape index (κ3) is 6.33. The van der Waals surface area contributed by atoms with Crippen LogP contribution in [0.4, 0.5) is 5.69 Å². The first-order valence-electron chi connectivity index (χ1n) is 9.61. The fourth-order valence-electron chi connectivity index (χ4n) is 3.29. The summed E-state index contributed by atoms with van der Waals surface area (Å²) >= 11 is 3.50. The number of aryl methyl sites for hydroxylation is 1. The van der Waals surface area contributed by atoms with Crippen molar-refractivity contribution in [2.24, 2.45) is 4.99 Å². The van der Waals surface area contributed by atoms with Crippen LogP contribution in [-0.2, 0) is 13.0 Å². The molecular weight excluding hydrogens is 533 g/mol. The van der Waals surface area contributed by atoms with E-state index in [1.54, 1.807) is 6.33 Å². The third-order valence-corrected chi connectivity index (χ3v) is 5.22. The number of nitrogens with zero attached hydrogens (tertiary/aromatic N) is 5. The molecule has 1 aromatic heterocycles. The first-order valence-corrected chi connectivity index (χ1v) is 10.4. The lowest BCUT2D eigenvalue weighted by molar-refractivity contribution is 0.634. The predicted molar refractivity (Wildman–Crippen MR) is 129 cm³/mol. The SMILES string of the molecule is CCNC(=NCCn1cnnc1CC)NC1CCN(c2ccc(Br)cc2)C1.I. The van der Waals surface area contributed by atoms with Gasteiger partial charge >= 0.3 is 0 Å². The second-order valence-corrected chi connectivity index (χ2v) is 7.52. The third-order valence-electron chi connectivity index (χ3n) is 4.69. The van der Waals surface area contributed by atoms with Gasteiger partial charge in [0.25, 0.3) is 0 Å². The van der Waals surface area contributed by atoms with E-state index in [1.807, 2.05) is 0 Å². The Labute approximate surface area is 192 Å². The lowest BCUT2D eigenvalue weighted by atomic mass is 10.3. The molecule has 2 heterocycles. The van der Waals surface area contributed by atoms with E-state index < -0.39 is 0 Å². The number of anilines is 1. The molecule has 0 saturated carbocycles. The fourth-order valence-corrected chi connectivity index (χ4v) is 3.55. The standard InChI is InChI=1S/C19H28BrN7.HI/c1-3-18-25-23-14-27(18)12-10-22-19(21-4-2)24-16-9-11-26(13-16)17-7-5-15(20)6-8-17;/h5-8,14,16H,3-4,9-13H2,1-2H3,(H2,21,22,24);1H. The van der Waals surface area contributed by atoms with E-state index in [0.29, 0.717) is 12.6 Å². The highest BCUT2D eigenvalue weighted by Crippen LogP contribution is 2.22. The molecule has 1 unspecified atom stereocenters. The van der Waals surface area contributed by atoms with E-state index in [9.17, 15) is 0 Å². The molecule has 9 heteroatoms. The molecule has 1 fully saturated rings. The van der Waals surface area contributed by atoms with E-state index in [4.69, 9.17) is 4.99 Å². The minimum Gasteiger partial charge on any atom is -0.369 e. The molecule has 0 radical (unpaired) electrons. The Bertz CT molecular complexity index is 747. The van der Waals surface area contributed by atoms with Crippen LogP contribution in [0.25, 0.3) is 0 Å². The number of benzene rings is 1. The summed E-state index contributed by atoms with van der Waals surface area (Å²) in [6.07, 6.45) is 3.77. The Morgan fingerprint density at radius 2 is 2.07 bits per heavy atom. The zero-order valence-corrected chi connectivity index (χ0v) is 20.4. The van der Waals surface area contributed by atoms with Crippen molar-refractivity contribution in [3.63, 3.8) is 0 Å². The van der Waals surface area contributed by atoms with Crippen LogP contribution in [-0.4, -0.2) is 52.9 Å². The van der Waals surface area contributed by atoms with Crippen molar-refractivity contribution in [3.05, 3.63) is 40.9 Å². The van der Waals surface area contributed by atoms with E-state index in [2.05, 4.69) is 84.3 Å². The Kier molecular flexibility index (Phi) is 9.49. The summed E-state index contributed by atoms with van der Waals surface area (Å²) in [5, 5.41) is 15.0. The van der Waals surface area contributed by atoms with Gasteiger partial charge < -0.3 is 20.1 Å². The average Bonchev–Trinajstić information content (AvgIpc) is 3.32. The Hall–Kier alpha value is -1.36. The van der Waals surface area contributed by atoms with Gasteiger partial charge in [0.05, 0.1) is 6.54 Å². The van der Waals surface area contributed by atoms with Gasteiger partial charge in [-0.25, -0.2) is 0 Å². The summed E-state index contributed by atoms with van der Waals surface area (Å²) in [7, 11) is 0. The van der Waals surface area contributed by atoms with Gasteiger partial charge in [0.1, 0.15) is 12.2 Å². The van der Waals surface area contributed by atoms with Crippen LogP contribution in [0, 0.1) is 0 Å². The molecule has 1 aliphatic rings. The highest BCUT2D eigenvalue weighted by Gasteiger charge is 2.23. The number of hydrogen-bond acceptors (Lipinski definition) is 4. The van der Waals surface area contributed by atoms with E-state index >= 15 is 0 Å². The Morgan fingerprint density at radius 3 is 2.79 bits per heavy atom. The first kappa shape index (κ1) is 22.9. The van der Waals surface area contributed by atoms with Crippen molar-refractivity contribution < 1.29 is 0 Å². The zero-order valence-electron chi connectivity index (χ0n) is 16.4. The van der Waals surface area contributed by atoms with Crippen LogP contribution in [0.2, 0.25) is 0 Å². The number of aromatic nitrogens is 3. The lowest BCUT2D eigenvalue weighted by Gasteiger charge is -2.20. The number of guanidine groups is 1. The average molecular weight is 562 g/mol. The molecule has 0 spiro atoms. The summed E-state index contributed by atoms with van der Waals surface area (Å²) in [6.45, 7) is 8.56. The highest BCUT2D eigenvalue weighted by atomic mass is 127. The number of nitrogens with one attached hydrogen (secondary N) is 2. The monoisotopic (exact) mass is 561 g/mol. The Morgan fingerprint density at radius 1 is 1.29 bits per heavy atom. The molecule has 7 nitrogen and oxygen atoms in total. The molecule has 1 aliphatic heterocycles. The zero-order chi connectivity index (χ0) is 19.1. The van der Waals surface area contributed by atoms with Crippen LogP contribution < -0.4 is 15.5 Å². The Balaban J connectivity index is 0.00000280. The molecular formula is C19H29BrIN7. The van der Waals surface area contributed by atoms with Gasteiger partial charge in [-0.05, 0) is 37.6 Å². The quantitative estimate of drug-likeness (QED) is 0.309. The molecule has 2 aromatic rings. The lowest BCUT2D eigenvalue weighted by Crippen LogP contribution is -2.44. The number of halogens is 2. The normalized spacial score (nSPS) is 16.8. The van der Waals surface area contributed by atoms with E-state index in [-0.39, 0.29) is 24.0 Å². The molecule has 3 rings (SSSR count). The van der Waals surface area contributed by atoms with Gasteiger partial charge in [-0.2, -0.15) is 0 Å². The molecule has 28 heavy (non-hydrogen) atoms. The molecule has 0 amide bonds. The topological polar surface area (TPSA) is 70.4 Å². The van der Waals surface area contributed by atoms with Crippen LogP contribution >= 0.6 is 39.9 Å². The van der Waals surface area contributed by atoms with E-state index in [1.165, 1.54) is 5.69 Å². The summed E-state index contributed by atoms with van der Waals surface area (Å²) in [5.41, 5.74) is 1.27. The molecule has 2 N–H and O–H groups in total. The first-order chi connectivity index (χ1) is 13.2. The van der Waals surface area contributed by atoms with Gasteiger partial charge in [0.15, 0.2) is 5.96 Å². The fraction of sp³-hybridized carbons (Fsp3) is 0.526. The minimum atomic E-state index is 0. The van der Waals surface area contributed by atoms with Gasteiger partial charge in [0, 0.05) is 48.8 Å². The van der Waals surface area contributed by atoms with Crippen LogP contribution in [0.15, 0.2) is 40.1 Å². The summed E-state index contributed by atoms with van der Waals surface area (Å²) in [5.74, 6) is 1.88. The van der Waals surface area contributed by atoms with Gasteiger partial charge in [-0.1, -0.05) is 22.9 Å². The second kappa shape index (κ2) is 11.6. The molecule has 154 valence electrons.